The van der Waals surface area contributed by atoms with Gasteiger partial charge in [-0.2, -0.15) is 0 Å². The molecule has 1 rings (SSSR count). The fraction of sp³-hybridized carbons (Fsp3) is 0.538. The zero-order chi connectivity index (χ0) is 17.8. The lowest BCUT2D eigenvalue weighted by Crippen LogP contribution is -2.23. The van der Waals surface area contributed by atoms with Gasteiger partial charge in [0.2, 0.25) is 0 Å². The zero-order valence-electron chi connectivity index (χ0n) is 15.0. The van der Waals surface area contributed by atoms with Crippen molar-refractivity contribution in [2.45, 2.75) is 38.6 Å². The summed E-state index contributed by atoms with van der Waals surface area (Å²) in [6.07, 6.45) is -2.59. The lowest BCUT2D eigenvalue weighted by atomic mass is 10.2. The summed E-state index contributed by atoms with van der Waals surface area (Å²) in [6.45, 7) is 7.14. The van der Waals surface area contributed by atoms with E-state index in [1.807, 2.05) is 13.8 Å². The number of benzene rings is 1. The minimum absolute atomic E-state index is 0.115. The normalized spacial score (nSPS) is 18.8. The minimum Gasteiger partial charge on any atom is -0.413 e. The monoisotopic (exact) mass is 322 g/mol. The van der Waals surface area contributed by atoms with Gasteiger partial charge in [-0.1, -0.05) is 0 Å². The molecule has 0 radical (unpaired) electrons. The van der Waals surface area contributed by atoms with Crippen molar-refractivity contribution in [3.8, 4) is 5.75 Å². The Kier molecular flexibility index (Phi) is 4.79. The Labute approximate surface area is 127 Å². The van der Waals surface area contributed by atoms with Gasteiger partial charge in [0.15, 0.2) is 0 Å². The molecule has 0 aliphatic heterocycles. The van der Waals surface area contributed by atoms with Gasteiger partial charge in [-0.25, -0.2) is 9.65 Å². The van der Waals surface area contributed by atoms with E-state index >= 15 is 0 Å². The fourth-order valence-corrected chi connectivity index (χ4v) is 3.69. The molecule has 0 saturated heterocycles. The molecule has 0 heterocycles. The average molecular weight is 322 g/mol. The highest BCUT2D eigenvalue weighted by Gasteiger charge is 2.27. The van der Waals surface area contributed by atoms with E-state index in [1.165, 1.54) is 18.2 Å². The van der Waals surface area contributed by atoms with Crippen LogP contribution in [0, 0.1) is 6.92 Å². The molecular formula is C13H22NO4PS. The van der Waals surface area contributed by atoms with Crippen LogP contribution in [-0.4, -0.2) is 23.0 Å². The smallest absolute Gasteiger partial charge is 0.413 e. The van der Waals surface area contributed by atoms with Crippen molar-refractivity contribution in [1.29, 1.82) is 0 Å². The van der Waals surface area contributed by atoms with E-state index < -0.39 is 24.7 Å². The molecule has 5 nitrogen and oxygen atoms in total. The summed E-state index contributed by atoms with van der Waals surface area (Å²) in [5.41, 5.74) is 0.476. The van der Waals surface area contributed by atoms with E-state index in [2.05, 4.69) is 5.09 Å². The predicted molar refractivity (Wildman–Crippen MR) is 81.6 cm³/mol. The van der Waals surface area contributed by atoms with Gasteiger partial charge in [0.05, 0.1) is 17.4 Å². The highest BCUT2D eigenvalue weighted by molar-refractivity contribution is 7.84. The first-order valence-corrected chi connectivity index (χ1v) is 8.92. The van der Waals surface area contributed by atoms with E-state index in [1.54, 1.807) is 13.8 Å². The summed E-state index contributed by atoms with van der Waals surface area (Å²) in [5, 5.41) is 2.75. The molecule has 114 valence electrons. The van der Waals surface area contributed by atoms with E-state index in [-0.39, 0.29) is 23.3 Å². The lowest BCUT2D eigenvalue weighted by Gasteiger charge is -2.21. The third-order valence-corrected chi connectivity index (χ3v) is 5.03. The second-order valence-electron chi connectivity index (χ2n) is 4.49. The van der Waals surface area contributed by atoms with Gasteiger partial charge in [0.25, 0.3) is 0 Å². The molecule has 0 saturated carbocycles. The molecule has 0 spiro atoms. The van der Waals surface area contributed by atoms with Crippen molar-refractivity contribution in [1.82, 2.24) is 5.09 Å². The molecule has 20 heavy (non-hydrogen) atoms. The summed E-state index contributed by atoms with van der Waals surface area (Å²) in [4.78, 5) is 0.195. The molecule has 1 N–H and O–H groups in total. The Morgan fingerprint density at radius 3 is 2.70 bits per heavy atom. The molecule has 0 aliphatic rings. The topological polar surface area (TPSA) is 64.6 Å². The summed E-state index contributed by atoms with van der Waals surface area (Å²) < 4.78 is 56.8. The third-order valence-electron chi connectivity index (χ3n) is 2.29. The van der Waals surface area contributed by atoms with Crippen LogP contribution >= 0.6 is 7.75 Å². The standard InChI is InChI=1S/C13H22NO4PS/c1-6-17-19(15,14-10(2)3)18-12-7-8-13(20(5)16)11(4)9-12/h7-10H,6H2,1-5H3,(H,14,15)/i5D3. The highest BCUT2D eigenvalue weighted by Crippen LogP contribution is 2.44. The van der Waals surface area contributed by atoms with E-state index in [0.29, 0.717) is 5.56 Å². The van der Waals surface area contributed by atoms with E-state index in [0.717, 1.165) is 0 Å². The van der Waals surface area contributed by atoms with Crippen molar-refractivity contribution in [3.63, 3.8) is 0 Å². The first-order chi connectivity index (χ1) is 10.5. The van der Waals surface area contributed by atoms with Crippen LogP contribution in [0.15, 0.2) is 23.1 Å². The Bertz CT molecular complexity index is 622. The second kappa shape index (κ2) is 7.36. The van der Waals surface area contributed by atoms with Crippen LogP contribution in [0.5, 0.6) is 5.75 Å². The summed E-state index contributed by atoms with van der Waals surface area (Å²) in [7, 11) is -5.65. The van der Waals surface area contributed by atoms with Crippen molar-refractivity contribution >= 4 is 18.5 Å². The Morgan fingerprint density at radius 1 is 1.50 bits per heavy atom. The van der Waals surface area contributed by atoms with Crippen LogP contribution < -0.4 is 9.61 Å². The fourth-order valence-electron chi connectivity index (χ4n) is 1.60. The molecule has 0 bridgehead atoms. The van der Waals surface area contributed by atoms with Crippen molar-refractivity contribution in [3.05, 3.63) is 23.8 Å². The van der Waals surface area contributed by atoms with Crippen LogP contribution in [-0.2, 0) is 19.9 Å². The maximum atomic E-state index is 12.6. The molecule has 2 atom stereocenters. The first-order valence-electron chi connectivity index (χ1n) is 7.73. The molecule has 1 aromatic carbocycles. The predicted octanol–water partition coefficient (Wildman–Crippen LogP) is 3.25. The lowest BCUT2D eigenvalue weighted by molar-refractivity contribution is 0.265. The third kappa shape index (κ3) is 5.02. The SMILES string of the molecule is [2H]C([2H])([2H])S(=O)c1ccc(OP(=O)(NC(C)C)OCC)cc1C. The van der Waals surface area contributed by atoms with Gasteiger partial charge in [0.1, 0.15) is 5.75 Å². The average Bonchev–Trinajstić information content (AvgIpc) is 2.35. The van der Waals surface area contributed by atoms with Gasteiger partial charge >= 0.3 is 7.75 Å². The molecule has 7 heteroatoms. The quantitative estimate of drug-likeness (QED) is 0.781. The van der Waals surface area contributed by atoms with Crippen LogP contribution in [0.4, 0.5) is 0 Å². The van der Waals surface area contributed by atoms with Crippen LogP contribution in [0.2, 0.25) is 0 Å². The molecule has 1 aromatic rings. The van der Waals surface area contributed by atoms with Crippen LogP contribution in [0.1, 0.15) is 30.4 Å². The number of rotatable bonds is 7. The largest absolute Gasteiger partial charge is 0.458 e. The Balaban J connectivity index is 3.05. The number of hydrogen-bond acceptors (Lipinski definition) is 4. The van der Waals surface area contributed by atoms with Crippen LogP contribution in [0.3, 0.4) is 0 Å². The molecule has 0 aromatic heterocycles. The van der Waals surface area contributed by atoms with E-state index in [9.17, 15) is 8.77 Å². The van der Waals surface area contributed by atoms with Gasteiger partial charge in [-0.05, 0) is 51.5 Å². The number of nitrogens with one attached hydrogen (secondary N) is 1. The maximum absolute atomic E-state index is 12.6. The Hall–Kier alpha value is -0.680. The maximum Gasteiger partial charge on any atom is 0.458 e. The zero-order valence-corrected chi connectivity index (χ0v) is 13.7. The highest BCUT2D eigenvalue weighted by atomic mass is 32.2. The van der Waals surface area contributed by atoms with Crippen molar-refractivity contribution in [2.75, 3.05) is 12.8 Å². The summed E-state index contributed by atoms with van der Waals surface area (Å²) in [5.74, 6) is 0.249. The molecular weight excluding hydrogens is 297 g/mol. The number of aryl methyl sites for hydroxylation is 1. The molecule has 2 unspecified atom stereocenters. The molecule has 0 amide bonds. The first kappa shape index (κ1) is 13.0. The molecule has 0 fully saturated rings. The van der Waals surface area contributed by atoms with Crippen molar-refractivity contribution in [2.24, 2.45) is 0 Å². The molecule has 0 aliphatic carbocycles. The van der Waals surface area contributed by atoms with Crippen molar-refractivity contribution < 1.29 is 21.9 Å². The summed E-state index contributed by atoms with van der Waals surface area (Å²) >= 11 is 0. The van der Waals surface area contributed by atoms with Gasteiger partial charge < -0.3 is 4.52 Å². The van der Waals surface area contributed by atoms with E-state index in [4.69, 9.17) is 13.2 Å². The summed E-state index contributed by atoms with van der Waals surface area (Å²) in [6, 6.07) is 4.21. The number of hydrogen-bond donors (Lipinski definition) is 1. The van der Waals surface area contributed by atoms with Crippen LogP contribution in [0.25, 0.3) is 0 Å². The minimum atomic E-state index is -3.53. The van der Waals surface area contributed by atoms with Gasteiger partial charge in [-0.3, -0.25) is 8.73 Å². The second-order valence-corrected chi connectivity index (χ2v) is 7.16. The van der Waals surface area contributed by atoms with Gasteiger partial charge in [-0.15, -0.1) is 0 Å². The Morgan fingerprint density at radius 2 is 2.20 bits per heavy atom. The van der Waals surface area contributed by atoms with Gasteiger partial charge in [0, 0.05) is 21.2 Å².